The van der Waals surface area contributed by atoms with E-state index in [2.05, 4.69) is 21.2 Å². The quantitative estimate of drug-likeness (QED) is 0.876. The first-order valence-corrected chi connectivity index (χ1v) is 9.46. The third-order valence-electron chi connectivity index (χ3n) is 4.89. The summed E-state index contributed by atoms with van der Waals surface area (Å²) in [4.78, 5) is 31.0. The van der Waals surface area contributed by atoms with Gasteiger partial charge in [-0.25, -0.2) is 0 Å². The van der Waals surface area contributed by atoms with Crippen LogP contribution in [0.1, 0.15) is 26.3 Å². The van der Waals surface area contributed by atoms with E-state index >= 15 is 0 Å². The van der Waals surface area contributed by atoms with Crippen LogP contribution in [0.3, 0.4) is 0 Å². The van der Waals surface area contributed by atoms with Crippen LogP contribution in [0.25, 0.3) is 0 Å². The summed E-state index contributed by atoms with van der Waals surface area (Å²) < 4.78 is 0. The lowest BCUT2D eigenvalue weighted by Gasteiger charge is -2.35. The van der Waals surface area contributed by atoms with Gasteiger partial charge >= 0.3 is 0 Å². The smallest absolute Gasteiger partial charge is 0.241 e. The zero-order valence-electron chi connectivity index (χ0n) is 16.1. The van der Waals surface area contributed by atoms with Gasteiger partial charge in [0.15, 0.2) is 0 Å². The second-order valence-corrected chi connectivity index (χ2v) is 8.27. The first kappa shape index (κ1) is 18.9. The summed E-state index contributed by atoms with van der Waals surface area (Å²) in [5.74, 6) is 0.240. The number of hydrogen-bond acceptors (Lipinski definition) is 4. The summed E-state index contributed by atoms with van der Waals surface area (Å²) in [6.45, 7) is 10.9. The number of benzene rings is 1. The fourth-order valence-electron chi connectivity index (χ4n) is 3.64. The Morgan fingerprint density at radius 3 is 2.23 bits per heavy atom. The number of carbonyl (C=O) groups is 2. The van der Waals surface area contributed by atoms with Gasteiger partial charge < -0.3 is 10.2 Å². The van der Waals surface area contributed by atoms with Crippen LogP contribution in [0.5, 0.6) is 0 Å². The highest BCUT2D eigenvalue weighted by molar-refractivity contribution is 5.96. The summed E-state index contributed by atoms with van der Waals surface area (Å²) in [6.07, 6.45) is 0.943. The van der Waals surface area contributed by atoms with E-state index in [1.165, 1.54) is 5.56 Å². The molecule has 0 atom stereocenters. The fourth-order valence-corrected chi connectivity index (χ4v) is 3.64. The van der Waals surface area contributed by atoms with Crippen LogP contribution in [-0.4, -0.2) is 73.0 Å². The van der Waals surface area contributed by atoms with Crippen LogP contribution < -0.4 is 10.2 Å². The highest BCUT2D eigenvalue weighted by Gasteiger charge is 2.27. The van der Waals surface area contributed by atoms with Gasteiger partial charge in [-0.15, -0.1) is 0 Å². The monoisotopic (exact) mass is 358 g/mol. The molecule has 2 aliphatic rings. The van der Waals surface area contributed by atoms with Crippen LogP contribution in [0.4, 0.5) is 5.69 Å². The number of rotatable bonds is 4. The van der Waals surface area contributed by atoms with Crippen molar-refractivity contribution in [3.63, 3.8) is 0 Å². The fraction of sp³-hybridized carbons (Fsp3) is 0.600. The van der Waals surface area contributed by atoms with Crippen molar-refractivity contribution in [1.29, 1.82) is 0 Å². The Bertz CT molecular complexity index is 660. The first-order chi connectivity index (χ1) is 12.3. The van der Waals surface area contributed by atoms with Crippen LogP contribution in [-0.2, 0) is 16.0 Å². The average molecular weight is 358 g/mol. The van der Waals surface area contributed by atoms with E-state index in [4.69, 9.17) is 0 Å². The molecule has 0 unspecified atom stereocenters. The van der Waals surface area contributed by atoms with Crippen molar-refractivity contribution in [2.45, 2.75) is 32.7 Å². The van der Waals surface area contributed by atoms with Gasteiger partial charge in [0.05, 0.1) is 13.1 Å². The van der Waals surface area contributed by atoms with Gasteiger partial charge in [-0.3, -0.25) is 19.4 Å². The summed E-state index contributed by atoms with van der Waals surface area (Å²) in [6, 6.07) is 8.16. The van der Waals surface area contributed by atoms with Gasteiger partial charge in [-0.05, 0) is 38.8 Å². The zero-order chi connectivity index (χ0) is 18.7. The Hall–Kier alpha value is -1.92. The molecule has 2 heterocycles. The number of nitrogens with one attached hydrogen (secondary N) is 1. The van der Waals surface area contributed by atoms with E-state index in [0.29, 0.717) is 13.1 Å². The molecule has 1 aromatic carbocycles. The first-order valence-electron chi connectivity index (χ1n) is 9.46. The van der Waals surface area contributed by atoms with E-state index < -0.39 is 0 Å². The molecule has 0 bridgehead atoms. The number of fused-ring (bicyclic) bond motifs is 1. The van der Waals surface area contributed by atoms with Crippen LogP contribution in [0.15, 0.2) is 24.3 Å². The van der Waals surface area contributed by atoms with Crippen molar-refractivity contribution >= 4 is 17.5 Å². The largest absolute Gasteiger partial charge is 0.350 e. The maximum Gasteiger partial charge on any atom is 0.241 e. The minimum atomic E-state index is -0.197. The van der Waals surface area contributed by atoms with Gasteiger partial charge in [-0.2, -0.15) is 0 Å². The minimum absolute atomic E-state index is 0.0655. The molecule has 6 heteroatoms. The molecule has 1 aromatic rings. The number of piperazine rings is 1. The van der Waals surface area contributed by atoms with Gasteiger partial charge in [0.1, 0.15) is 0 Å². The molecule has 1 N–H and O–H groups in total. The summed E-state index contributed by atoms with van der Waals surface area (Å²) >= 11 is 0. The zero-order valence-corrected chi connectivity index (χ0v) is 16.1. The molecular formula is C20H30N4O2. The molecule has 26 heavy (non-hydrogen) atoms. The van der Waals surface area contributed by atoms with Gasteiger partial charge in [0, 0.05) is 44.0 Å². The Morgan fingerprint density at radius 2 is 1.58 bits per heavy atom. The second-order valence-electron chi connectivity index (χ2n) is 8.27. The highest BCUT2D eigenvalue weighted by atomic mass is 16.2. The Kier molecular flexibility index (Phi) is 5.63. The van der Waals surface area contributed by atoms with Crippen LogP contribution in [0, 0.1) is 0 Å². The minimum Gasteiger partial charge on any atom is -0.350 e. The van der Waals surface area contributed by atoms with Gasteiger partial charge in [0.25, 0.3) is 0 Å². The van der Waals surface area contributed by atoms with Crippen LogP contribution >= 0.6 is 0 Å². The van der Waals surface area contributed by atoms with E-state index in [1.54, 1.807) is 0 Å². The molecule has 0 spiro atoms. The van der Waals surface area contributed by atoms with Crippen molar-refractivity contribution in [2.24, 2.45) is 0 Å². The maximum atomic E-state index is 12.7. The molecular weight excluding hydrogens is 328 g/mol. The van der Waals surface area contributed by atoms with Gasteiger partial charge in [0.2, 0.25) is 11.8 Å². The van der Waals surface area contributed by atoms with E-state index in [1.807, 2.05) is 43.9 Å². The van der Waals surface area contributed by atoms with Crippen molar-refractivity contribution in [3.8, 4) is 0 Å². The number of amides is 2. The molecule has 0 radical (unpaired) electrons. The predicted octanol–water partition coefficient (Wildman–Crippen LogP) is 1.11. The topological polar surface area (TPSA) is 55.9 Å². The van der Waals surface area contributed by atoms with E-state index in [0.717, 1.165) is 44.8 Å². The molecule has 2 aliphatic heterocycles. The second kappa shape index (κ2) is 7.76. The number of nitrogens with zero attached hydrogens (tertiary/aromatic N) is 3. The Labute approximate surface area is 156 Å². The summed E-state index contributed by atoms with van der Waals surface area (Å²) in [7, 11) is 0. The number of para-hydroxylation sites is 1. The molecule has 1 fully saturated rings. The molecule has 0 saturated carbocycles. The molecule has 1 saturated heterocycles. The predicted molar refractivity (Wildman–Crippen MR) is 103 cm³/mol. The Morgan fingerprint density at radius 1 is 0.962 bits per heavy atom. The van der Waals surface area contributed by atoms with Crippen molar-refractivity contribution in [3.05, 3.63) is 29.8 Å². The molecule has 142 valence electrons. The third kappa shape index (κ3) is 4.83. The van der Waals surface area contributed by atoms with Gasteiger partial charge in [-0.1, -0.05) is 18.2 Å². The lowest BCUT2D eigenvalue weighted by atomic mass is 10.1. The van der Waals surface area contributed by atoms with E-state index in [9.17, 15) is 9.59 Å². The lowest BCUT2D eigenvalue weighted by molar-refractivity contribution is -0.125. The Balaban J connectivity index is 1.44. The summed E-state index contributed by atoms with van der Waals surface area (Å²) in [5, 5.41) is 3.00. The molecule has 6 nitrogen and oxygen atoms in total. The average Bonchev–Trinajstić information content (AvgIpc) is 2.99. The molecule has 2 amide bonds. The number of carbonyl (C=O) groups excluding carboxylic acids is 2. The highest BCUT2D eigenvalue weighted by Crippen LogP contribution is 2.27. The molecule has 0 aromatic heterocycles. The number of anilines is 1. The maximum absolute atomic E-state index is 12.7. The van der Waals surface area contributed by atoms with Crippen molar-refractivity contribution in [2.75, 3.05) is 50.7 Å². The van der Waals surface area contributed by atoms with Crippen LogP contribution in [0.2, 0.25) is 0 Å². The summed E-state index contributed by atoms with van der Waals surface area (Å²) in [5.41, 5.74) is 2.13. The number of hydrogen-bond donors (Lipinski definition) is 1. The molecule has 3 rings (SSSR count). The van der Waals surface area contributed by atoms with Crippen molar-refractivity contribution in [1.82, 2.24) is 15.1 Å². The lowest BCUT2D eigenvalue weighted by Crippen LogP contribution is -2.53. The van der Waals surface area contributed by atoms with Crippen molar-refractivity contribution < 1.29 is 9.59 Å². The normalized spacial score (nSPS) is 18.7. The third-order valence-corrected chi connectivity index (χ3v) is 4.89. The standard InChI is InChI=1S/C20H30N4O2/c1-20(2,3)21-18(25)14-22-10-12-23(13-11-22)15-19(26)24-9-8-16-6-4-5-7-17(16)24/h4-7H,8-15H2,1-3H3,(H,21,25). The van der Waals surface area contributed by atoms with E-state index in [-0.39, 0.29) is 17.4 Å². The SMILES string of the molecule is CC(C)(C)NC(=O)CN1CCN(CC(=O)N2CCc3ccccc32)CC1. The molecule has 0 aliphatic carbocycles.